The molecule has 3 heteroatoms. The third-order valence-electron chi connectivity index (χ3n) is 1.92. The molecule has 1 aromatic heterocycles. The minimum absolute atomic E-state index is 0.254. The fourth-order valence-corrected chi connectivity index (χ4v) is 2.42. The molecular formula is C8H6ClNS. The largest absolute Gasteiger partial charge is 0.198 e. The SMILES string of the molecule is N#CC1CC1c1ccc(Cl)s1. The summed E-state index contributed by atoms with van der Waals surface area (Å²) in [6.07, 6.45) is 1.02. The highest BCUT2D eigenvalue weighted by atomic mass is 35.5. The van der Waals surface area contributed by atoms with E-state index in [0.717, 1.165) is 10.8 Å². The molecule has 0 amide bonds. The molecule has 1 nitrogen and oxygen atoms in total. The molecule has 0 saturated heterocycles. The minimum Gasteiger partial charge on any atom is -0.198 e. The molecule has 2 rings (SSSR count). The van der Waals surface area contributed by atoms with E-state index in [1.807, 2.05) is 12.1 Å². The minimum atomic E-state index is 0.254. The smallest absolute Gasteiger partial charge is 0.0931 e. The molecule has 0 aliphatic heterocycles. The van der Waals surface area contributed by atoms with Gasteiger partial charge in [-0.25, -0.2) is 0 Å². The Labute approximate surface area is 74.2 Å². The Balaban J connectivity index is 2.16. The van der Waals surface area contributed by atoms with Crippen LogP contribution in [-0.4, -0.2) is 0 Å². The van der Waals surface area contributed by atoms with E-state index in [0.29, 0.717) is 5.92 Å². The highest BCUT2D eigenvalue weighted by Gasteiger charge is 2.39. The summed E-state index contributed by atoms with van der Waals surface area (Å²) < 4.78 is 0.823. The van der Waals surface area contributed by atoms with Gasteiger partial charge in [-0.3, -0.25) is 0 Å². The Bertz CT molecular complexity index is 312. The van der Waals surface area contributed by atoms with Gasteiger partial charge in [0.15, 0.2) is 0 Å². The fourth-order valence-electron chi connectivity index (χ4n) is 1.18. The first-order valence-electron chi connectivity index (χ1n) is 3.46. The van der Waals surface area contributed by atoms with Crippen LogP contribution in [0.2, 0.25) is 4.34 Å². The average molecular weight is 184 g/mol. The van der Waals surface area contributed by atoms with Crippen LogP contribution in [-0.2, 0) is 0 Å². The third-order valence-corrected chi connectivity index (χ3v) is 3.28. The summed E-state index contributed by atoms with van der Waals surface area (Å²) in [5.74, 6) is 0.738. The predicted octanol–water partition coefficient (Wildman–Crippen LogP) is 3.03. The second-order valence-corrected chi connectivity index (χ2v) is 4.47. The highest BCUT2D eigenvalue weighted by molar-refractivity contribution is 7.16. The molecular weight excluding hydrogens is 178 g/mol. The molecule has 1 saturated carbocycles. The monoisotopic (exact) mass is 183 g/mol. The van der Waals surface area contributed by atoms with Gasteiger partial charge in [0.05, 0.1) is 16.3 Å². The Morgan fingerprint density at radius 1 is 1.64 bits per heavy atom. The summed E-state index contributed by atoms with van der Waals surface area (Å²) in [5, 5.41) is 8.57. The lowest BCUT2D eigenvalue weighted by Crippen LogP contribution is -1.72. The molecule has 0 aromatic carbocycles. The van der Waals surface area contributed by atoms with Gasteiger partial charge in [0.25, 0.3) is 0 Å². The molecule has 11 heavy (non-hydrogen) atoms. The van der Waals surface area contributed by atoms with Gasteiger partial charge in [-0.05, 0) is 18.6 Å². The lowest BCUT2D eigenvalue weighted by Gasteiger charge is -1.85. The highest BCUT2D eigenvalue weighted by Crippen LogP contribution is 2.49. The summed E-state index contributed by atoms with van der Waals surface area (Å²) in [7, 11) is 0. The summed E-state index contributed by atoms with van der Waals surface area (Å²) in [6.45, 7) is 0. The second kappa shape index (κ2) is 2.51. The summed E-state index contributed by atoms with van der Waals surface area (Å²) in [6, 6.07) is 6.18. The Kier molecular flexibility index (Phi) is 1.63. The first kappa shape index (κ1) is 7.15. The Hall–Kier alpha value is -0.520. The van der Waals surface area contributed by atoms with E-state index in [-0.39, 0.29) is 5.92 Å². The first-order chi connectivity index (χ1) is 5.31. The second-order valence-electron chi connectivity index (χ2n) is 2.72. The maximum atomic E-state index is 8.57. The molecule has 1 aliphatic rings. The van der Waals surface area contributed by atoms with Crippen LogP contribution in [0.3, 0.4) is 0 Å². The van der Waals surface area contributed by atoms with Crippen molar-refractivity contribution < 1.29 is 0 Å². The van der Waals surface area contributed by atoms with Gasteiger partial charge < -0.3 is 0 Å². The lowest BCUT2D eigenvalue weighted by atomic mass is 10.3. The van der Waals surface area contributed by atoms with E-state index in [1.165, 1.54) is 4.88 Å². The van der Waals surface area contributed by atoms with Crippen LogP contribution in [0.5, 0.6) is 0 Å². The van der Waals surface area contributed by atoms with Crippen LogP contribution in [0, 0.1) is 17.2 Å². The van der Waals surface area contributed by atoms with E-state index < -0.39 is 0 Å². The molecule has 0 bridgehead atoms. The lowest BCUT2D eigenvalue weighted by molar-refractivity contribution is 1.05. The van der Waals surface area contributed by atoms with E-state index in [2.05, 4.69) is 6.07 Å². The number of hydrogen-bond donors (Lipinski definition) is 0. The van der Waals surface area contributed by atoms with Gasteiger partial charge in [-0.15, -0.1) is 11.3 Å². The van der Waals surface area contributed by atoms with Crippen LogP contribution in [0.25, 0.3) is 0 Å². The van der Waals surface area contributed by atoms with Gasteiger partial charge in [0.1, 0.15) is 0 Å². The van der Waals surface area contributed by atoms with E-state index in [1.54, 1.807) is 11.3 Å². The summed E-state index contributed by atoms with van der Waals surface area (Å²) >= 11 is 7.35. The van der Waals surface area contributed by atoms with Crippen molar-refractivity contribution in [3.05, 3.63) is 21.3 Å². The van der Waals surface area contributed by atoms with Gasteiger partial charge in [-0.2, -0.15) is 5.26 Å². The van der Waals surface area contributed by atoms with E-state index >= 15 is 0 Å². The van der Waals surface area contributed by atoms with Crippen molar-refractivity contribution in [2.75, 3.05) is 0 Å². The van der Waals surface area contributed by atoms with Gasteiger partial charge >= 0.3 is 0 Å². The molecule has 0 spiro atoms. The first-order valence-corrected chi connectivity index (χ1v) is 4.65. The Morgan fingerprint density at radius 2 is 2.45 bits per heavy atom. The van der Waals surface area contributed by atoms with Gasteiger partial charge in [0.2, 0.25) is 0 Å². The topological polar surface area (TPSA) is 23.8 Å². The molecule has 1 heterocycles. The molecule has 2 unspecified atom stereocenters. The van der Waals surface area contributed by atoms with Crippen LogP contribution in [0.4, 0.5) is 0 Å². The predicted molar refractivity (Wildman–Crippen MR) is 45.8 cm³/mol. The summed E-state index contributed by atoms with van der Waals surface area (Å²) in [5.41, 5.74) is 0. The standard InChI is InChI=1S/C8H6ClNS/c9-8-2-1-7(11-8)6-3-5(6)4-10/h1-2,5-6H,3H2. The Morgan fingerprint density at radius 3 is 2.91 bits per heavy atom. The van der Waals surface area contributed by atoms with E-state index in [9.17, 15) is 0 Å². The summed E-state index contributed by atoms with van der Waals surface area (Å²) in [4.78, 5) is 1.27. The van der Waals surface area contributed by atoms with Crippen molar-refractivity contribution in [1.82, 2.24) is 0 Å². The van der Waals surface area contributed by atoms with Crippen molar-refractivity contribution in [1.29, 1.82) is 5.26 Å². The molecule has 0 radical (unpaired) electrons. The van der Waals surface area contributed by atoms with Crippen LogP contribution in [0.1, 0.15) is 17.2 Å². The zero-order valence-electron chi connectivity index (χ0n) is 5.75. The van der Waals surface area contributed by atoms with Crippen LogP contribution in [0.15, 0.2) is 12.1 Å². The number of nitriles is 1. The maximum Gasteiger partial charge on any atom is 0.0931 e. The van der Waals surface area contributed by atoms with Crippen molar-refractivity contribution in [3.8, 4) is 6.07 Å². The van der Waals surface area contributed by atoms with E-state index in [4.69, 9.17) is 16.9 Å². The number of rotatable bonds is 1. The van der Waals surface area contributed by atoms with Crippen molar-refractivity contribution in [3.63, 3.8) is 0 Å². The number of hydrogen-bond acceptors (Lipinski definition) is 2. The molecule has 2 atom stereocenters. The zero-order valence-corrected chi connectivity index (χ0v) is 7.32. The van der Waals surface area contributed by atoms with Gasteiger partial charge in [0, 0.05) is 10.8 Å². The molecule has 0 N–H and O–H groups in total. The normalized spacial score (nSPS) is 28.0. The number of thiophene rings is 1. The van der Waals surface area contributed by atoms with Crippen molar-refractivity contribution in [2.24, 2.45) is 5.92 Å². The number of nitrogens with zero attached hydrogens (tertiary/aromatic N) is 1. The maximum absolute atomic E-state index is 8.57. The number of halogens is 1. The average Bonchev–Trinajstić information content (AvgIpc) is 2.68. The molecule has 1 fully saturated rings. The quantitative estimate of drug-likeness (QED) is 0.657. The molecule has 56 valence electrons. The van der Waals surface area contributed by atoms with Gasteiger partial charge in [-0.1, -0.05) is 11.6 Å². The van der Waals surface area contributed by atoms with Crippen LogP contribution >= 0.6 is 22.9 Å². The van der Waals surface area contributed by atoms with Crippen molar-refractivity contribution in [2.45, 2.75) is 12.3 Å². The zero-order chi connectivity index (χ0) is 7.84. The van der Waals surface area contributed by atoms with Crippen LogP contribution < -0.4 is 0 Å². The van der Waals surface area contributed by atoms with Crippen molar-refractivity contribution >= 4 is 22.9 Å². The fraction of sp³-hybridized carbons (Fsp3) is 0.375. The molecule has 1 aliphatic carbocycles. The third kappa shape index (κ3) is 1.26. The molecule has 1 aromatic rings.